The molecule has 0 spiro atoms. The Labute approximate surface area is 119 Å². The topological polar surface area (TPSA) is 125 Å². The molecule has 21 heavy (non-hydrogen) atoms. The molecular formula is C13H16N2O6. The molecule has 8 nitrogen and oxygen atoms in total. The second-order valence-electron chi connectivity index (χ2n) is 5.06. The van der Waals surface area contributed by atoms with Gasteiger partial charge in [0.25, 0.3) is 5.56 Å². The number of hydrogen-bond donors (Lipinski definition) is 4. The number of aliphatic hydroxyl groups excluding tert-OH is 2. The van der Waals surface area contributed by atoms with Crippen LogP contribution in [0, 0.1) is 19.3 Å². The van der Waals surface area contributed by atoms with Gasteiger partial charge in [-0.3, -0.25) is 14.3 Å². The zero-order valence-electron chi connectivity index (χ0n) is 11.5. The summed E-state index contributed by atoms with van der Waals surface area (Å²) in [5.41, 5.74) is -3.46. The van der Waals surface area contributed by atoms with Gasteiger partial charge in [0.05, 0.1) is 6.10 Å². The van der Waals surface area contributed by atoms with E-state index in [4.69, 9.17) is 11.2 Å². The van der Waals surface area contributed by atoms with E-state index in [1.165, 1.54) is 13.8 Å². The number of aliphatic hydroxyl groups is 3. The number of terminal acetylenes is 1. The van der Waals surface area contributed by atoms with Crippen molar-refractivity contribution >= 4 is 0 Å². The number of aromatic nitrogens is 2. The summed E-state index contributed by atoms with van der Waals surface area (Å²) in [4.78, 5) is 25.2. The minimum Gasteiger partial charge on any atom is -0.391 e. The molecule has 0 bridgehead atoms. The average molecular weight is 296 g/mol. The molecule has 0 radical (unpaired) electrons. The Hall–Kier alpha value is -1.92. The van der Waals surface area contributed by atoms with Crippen LogP contribution in [0.5, 0.6) is 0 Å². The Balaban J connectivity index is 2.61. The molecule has 114 valence electrons. The maximum atomic E-state index is 11.9. The first-order valence-electron chi connectivity index (χ1n) is 6.26. The van der Waals surface area contributed by atoms with Crippen molar-refractivity contribution in [2.75, 3.05) is 0 Å². The highest BCUT2D eigenvalue weighted by Crippen LogP contribution is 2.38. The van der Waals surface area contributed by atoms with Crippen LogP contribution in [0.15, 0.2) is 15.7 Å². The fraction of sp³-hybridized carbons (Fsp3) is 0.538. The Kier molecular flexibility index (Phi) is 3.78. The summed E-state index contributed by atoms with van der Waals surface area (Å²) in [5.74, 6) is 2.01. The van der Waals surface area contributed by atoms with Gasteiger partial charge in [-0.15, -0.1) is 6.42 Å². The summed E-state index contributed by atoms with van der Waals surface area (Å²) < 4.78 is 6.32. The molecule has 2 rings (SSSR count). The van der Waals surface area contributed by atoms with Crippen molar-refractivity contribution in [1.82, 2.24) is 9.55 Å². The summed E-state index contributed by atoms with van der Waals surface area (Å²) in [7, 11) is 0. The normalized spacial score (nSPS) is 33.6. The molecule has 8 heteroatoms. The lowest BCUT2D eigenvalue weighted by Crippen LogP contribution is -2.49. The van der Waals surface area contributed by atoms with Crippen molar-refractivity contribution in [2.45, 2.75) is 44.0 Å². The van der Waals surface area contributed by atoms with Crippen LogP contribution >= 0.6 is 0 Å². The average Bonchev–Trinajstić information content (AvgIpc) is 2.63. The van der Waals surface area contributed by atoms with E-state index in [1.807, 2.05) is 10.9 Å². The maximum Gasteiger partial charge on any atom is 0.330 e. The second-order valence-corrected chi connectivity index (χ2v) is 5.06. The number of hydrogen-bond acceptors (Lipinski definition) is 6. The van der Waals surface area contributed by atoms with Gasteiger partial charge >= 0.3 is 5.69 Å². The van der Waals surface area contributed by atoms with E-state index < -0.39 is 41.4 Å². The molecule has 1 aromatic rings. The van der Waals surface area contributed by atoms with Gasteiger partial charge in [-0.05, 0) is 13.8 Å². The van der Waals surface area contributed by atoms with E-state index in [0.29, 0.717) is 0 Å². The highest BCUT2D eigenvalue weighted by molar-refractivity contribution is 5.21. The Bertz CT molecular complexity index is 700. The lowest BCUT2D eigenvalue weighted by atomic mass is 9.93. The highest BCUT2D eigenvalue weighted by atomic mass is 16.6. The van der Waals surface area contributed by atoms with Crippen LogP contribution in [-0.4, -0.2) is 48.8 Å². The van der Waals surface area contributed by atoms with Gasteiger partial charge in [0, 0.05) is 11.8 Å². The summed E-state index contributed by atoms with van der Waals surface area (Å²) in [6.45, 7) is 2.81. The van der Waals surface area contributed by atoms with Gasteiger partial charge in [-0.1, -0.05) is 5.92 Å². The molecule has 0 saturated carbocycles. The van der Waals surface area contributed by atoms with E-state index >= 15 is 0 Å². The van der Waals surface area contributed by atoms with Crippen LogP contribution in [0.25, 0.3) is 0 Å². The third-order valence-corrected chi connectivity index (χ3v) is 3.53. The molecule has 4 N–H and O–H groups in total. The monoisotopic (exact) mass is 296 g/mol. The number of rotatable bonds is 2. The third kappa shape index (κ3) is 2.30. The molecule has 1 fully saturated rings. The molecule has 0 amide bonds. The molecule has 0 aromatic carbocycles. The number of nitrogens with zero attached hydrogens (tertiary/aromatic N) is 1. The van der Waals surface area contributed by atoms with E-state index in [2.05, 4.69) is 0 Å². The first-order valence-corrected chi connectivity index (χ1v) is 6.26. The smallest absolute Gasteiger partial charge is 0.330 e. The van der Waals surface area contributed by atoms with E-state index in [1.54, 1.807) is 0 Å². The van der Waals surface area contributed by atoms with Crippen LogP contribution in [0.1, 0.15) is 18.8 Å². The largest absolute Gasteiger partial charge is 0.391 e. The van der Waals surface area contributed by atoms with Crippen LogP contribution in [-0.2, 0) is 4.74 Å². The van der Waals surface area contributed by atoms with Crippen molar-refractivity contribution in [3.05, 3.63) is 32.6 Å². The third-order valence-electron chi connectivity index (χ3n) is 3.53. The van der Waals surface area contributed by atoms with Gasteiger partial charge in [-0.25, -0.2) is 4.79 Å². The Morgan fingerprint density at radius 2 is 2.19 bits per heavy atom. The van der Waals surface area contributed by atoms with Gasteiger partial charge in [-0.2, -0.15) is 0 Å². The summed E-state index contributed by atoms with van der Waals surface area (Å²) in [6.07, 6.45) is -0.0450. The first kappa shape index (κ1) is 15.5. The van der Waals surface area contributed by atoms with Crippen molar-refractivity contribution in [3.63, 3.8) is 0 Å². The molecular weight excluding hydrogens is 280 g/mol. The molecule has 1 aromatic heterocycles. The maximum absolute atomic E-state index is 11.9. The summed E-state index contributed by atoms with van der Waals surface area (Å²) in [5, 5.41) is 30.1. The lowest BCUT2D eigenvalue weighted by molar-refractivity contribution is -0.0892. The van der Waals surface area contributed by atoms with Crippen LogP contribution < -0.4 is 11.2 Å². The molecule has 1 aliphatic heterocycles. The summed E-state index contributed by atoms with van der Waals surface area (Å²) in [6, 6.07) is 1.13. The second kappa shape index (κ2) is 5.13. The number of aryl methyl sites for hydroxylation is 1. The van der Waals surface area contributed by atoms with Crippen LogP contribution in [0.3, 0.4) is 0 Å². The predicted molar refractivity (Wildman–Crippen MR) is 71.4 cm³/mol. The molecule has 1 unspecified atom stereocenters. The molecule has 1 saturated heterocycles. The number of aromatic amines is 1. The molecule has 1 aliphatic rings. The fourth-order valence-corrected chi connectivity index (χ4v) is 2.43. The Morgan fingerprint density at radius 3 is 2.67 bits per heavy atom. The van der Waals surface area contributed by atoms with E-state index in [-0.39, 0.29) is 5.69 Å². The predicted octanol–water partition coefficient (Wildman–Crippen LogP) is -2.15. The minimum absolute atomic E-state index is 0.195. The van der Waals surface area contributed by atoms with Gasteiger partial charge < -0.3 is 20.1 Å². The van der Waals surface area contributed by atoms with Crippen molar-refractivity contribution in [2.24, 2.45) is 0 Å². The van der Waals surface area contributed by atoms with Crippen molar-refractivity contribution in [1.29, 1.82) is 0 Å². The summed E-state index contributed by atoms with van der Waals surface area (Å²) >= 11 is 0. The molecule has 2 heterocycles. The number of nitrogens with one attached hydrogen (secondary N) is 1. The van der Waals surface area contributed by atoms with Gasteiger partial charge in [0.2, 0.25) is 0 Å². The first-order chi connectivity index (χ1) is 9.72. The van der Waals surface area contributed by atoms with Gasteiger partial charge in [0.15, 0.2) is 11.8 Å². The SMILES string of the molecule is C#CC1(O)[C@@H](O)[C@@H]([C@H](C)O)O[C@H]1n1c(C)cc(=O)[nH]c1=O. The zero-order valence-corrected chi connectivity index (χ0v) is 11.5. The van der Waals surface area contributed by atoms with Gasteiger partial charge in [0.1, 0.15) is 12.2 Å². The fourth-order valence-electron chi connectivity index (χ4n) is 2.43. The van der Waals surface area contributed by atoms with E-state index in [0.717, 1.165) is 10.6 Å². The standard InChI is InChI=1S/C13H16N2O6/c1-4-13(20)10(18)9(7(3)16)21-11(13)15-6(2)5-8(17)14-12(15)19/h1,5,7,9-11,16,18,20H,2-3H3,(H,14,17,19)/t7-,9+,10-,11+,13?/m0/s1. The quantitative estimate of drug-likeness (QED) is 0.461. The molecule has 0 aliphatic carbocycles. The minimum atomic E-state index is -2.21. The van der Waals surface area contributed by atoms with Crippen molar-refractivity contribution < 1.29 is 20.1 Å². The lowest BCUT2D eigenvalue weighted by Gasteiger charge is -2.27. The van der Waals surface area contributed by atoms with Crippen LogP contribution in [0.2, 0.25) is 0 Å². The van der Waals surface area contributed by atoms with Crippen LogP contribution in [0.4, 0.5) is 0 Å². The van der Waals surface area contributed by atoms with Crippen molar-refractivity contribution in [3.8, 4) is 12.3 Å². The zero-order chi connectivity index (χ0) is 15.9. The number of ether oxygens (including phenoxy) is 1. The highest BCUT2D eigenvalue weighted by Gasteiger charge is 2.57. The number of H-pyrrole nitrogens is 1. The Morgan fingerprint density at radius 1 is 1.57 bits per heavy atom. The van der Waals surface area contributed by atoms with E-state index in [9.17, 15) is 24.9 Å². The molecule has 5 atom stereocenters.